The van der Waals surface area contributed by atoms with Crippen LogP contribution in [-0.2, 0) is 4.79 Å². The van der Waals surface area contributed by atoms with Crippen LogP contribution in [0, 0.1) is 17.8 Å². The van der Waals surface area contributed by atoms with Gasteiger partial charge < -0.3 is 10.6 Å². The van der Waals surface area contributed by atoms with Crippen LogP contribution in [0.4, 0.5) is 0 Å². The van der Waals surface area contributed by atoms with Gasteiger partial charge in [0, 0.05) is 25.0 Å². The molecule has 3 heteroatoms. The molecule has 2 fully saturated rings. The van der Waals surface area contributed by atoms with Gasteiger partial charge in [-0.05, 0) is 31.1 Å². The van der Waals surface area contributed by atoms with Crippen LogP contribution >= 0.6 is 0 Å². The molecule has 0 radical (unpaired) electrons. The van der Waals surface area contributed by atoms with Gasteiger partial charge in [0.1, 0.15) is 0 Å². The quantitative estimate of drug-likeness (QED) is 0.695. The molecule has 3 unspecified atom stereocenters. The van der Waals surface area contributed by atoms with Crippen molar-refractivity contribution in [2.75, 3.05) is 13.1 Å². The number of hydrogen-bond donors (Lipinski definition) is 2. The van der Waals surface area contributed by atoms with Crippen LogP contribution in [0.15, 0.2) is 0 Å². The zero-order valence-electron chi connectivity index (χ0n) is 10.5. The molecule has 3 nitrogen and oxygen atoms in total. The Labute approximate surface area is 98.4 Å². The van der Waals surface area contributed by atoms with Gasteiger partial charge in [0.25, 0.3) is 0 Å². The minimum atomic E-state index is 0.0995. The fourth-order valence-corrected chi connectivity index (χ4v) is 3.14. The van der Waals surface area contributed by atoms with Crippen LogP contribution in [0.25, 0.3) is 0 Å². The van der Waals surface area contributed by atoms with Gasteiger partial charge in [0.2, 0.25) is 5.91 Å². The lowest BCUT2D eigenvalue weighted by Gasteiger charge is -2.23. The fraction of sp³-hybridized carbons (Fsp3) is 0.923. The lowest BCUT2D eigenvalue weighted by molar-refractivity contribution is -0.123. The Morgan fingerprint density at radius 3 is 2.62 bits per heavy atom. The monoisotopic (exact) mass is 224 g/mol. The molecule has 2 rings (SSSR count). The van der Waals surface area contributed by atoms with Crippen molar-refractivity contribution in [1.82, 2.24) is 10.6 Å². The molecular weight excluding hydrogens is 200 g/mol. The SMILES string of the molecule is CC(C)C(=O)NCCNC1CC2CCC1C2. The van der Waals surface area contributed by atoms with E-state index >= 15 is 0 Å². The first-order valence-corrected chi connectivity index (χ1v) is 6.68. The second-order valence-corrected chi connectivity index (χ2v) is 5.68. The lowest BCUT2D eigenvalue weighted by atomic mass is 9.95. The summed E-state index contributed by atoms with van der Waals surface area (Å²) in [5.74, 6) is 2.18. The third-order valence-corrected chi connectivity index (χ3v) is 4.09. The lowest BCUT2D eigenvalue weighted by Crippen LogP contribution is -2.40. The van der Waals surface area contributed by atoms with Gasteiger partial charge in [0.05, 0.1) is 0 Å². The van der Waals surface area contributed by atoms with Gasteiger partial charge in [-0.1, -0.05) is 20.3 Å². The Kier molecular flexibility index (Phi) is 3.85. The minimum Gasteiger partial charge on any atom is -0.355 e. The van der Waals surface area contributed by atoms with E-state index < -0.39 is 0 Å². The average molecular weight is 224 g/mol. The largest absolute Gasteiger partial charge is 0.355 e. The molecule has 2 aliphatic carbocycles. The first-order valence-electron chi connectivity index (χ1n) is 6.68. The van der Waals surface area contributed by atoms with Crippen molar-refractivity contribution in [3.05, 3.63) is 0 Å². The summed E-state index contributed by atoms with van der Waals surface area (Å²) in [6.45, 7) is 5.55. The maximum Gasteiger partial charge on any atom is 0.222 e. The van der Waals surface area contributed by atoms with Crippen molar-refractivity contribution in [1.29, 1.82) is 0 Å². The summed E-state index contributed by atoms with van der Waals surface area (Å²) in [7, 11) is 0. The molecule has 2 bridgehead atoms. The Balaban J connectivity index is 1.57. The standard InChI is InChI=1S/C13H24N2O/c1-9(2)13(16)15-6-5-14-12-8-10-3-4-11(12)7-10/h9-12,14H,3-8H2,1-2H3,(H,15,16). The summed E-state index contributed by atoms with van der Waals surface area (Å²) in [5.41, 5.74) is 0. The Bertz CT molecular complexity index is 252. The molecule has 3 atom stereocenters. The van der Waals surface area contributed by atoms with Crippen LogP contribution in [0.5, 0.6) is 0 Å². The van der Waals surface area contributed by atoms with Crippen LogP contribution in [0.2, 0.25) is 0 Å². The van der Waals surface area contributed by atoms with Crippen molar-refractivity contribution >= 4 is 5.91 Å². The highest BCUT2D eigenvalue weighted by Crippen LogP contribution is 2.44. The van der Waals surface area contributed by atoms with E-state index in [1.807, 2.05) is 13.8 Å². The molecule has 0 aromatic carbocycles. The number of carbonyl (C=O) groups excluding carboxylic acids is 1. The Morgan fingerprint density at radius 1 is 1.25 bits per heavy atom. The van der Waals surface area contributed by atoms with E-state index in [9.17, 15) is 4.79 Å². The smallest absolute Gasteiger partial charge is 0.222 e. The van der Waals surface area contributed by atoms with Gasteiger partial charge in [-0.25, -0.2) is 0 Å². The van der Waals surface area contributed by atoms with Crippen molar-refractivity contribution in [2.45, 2.75) is 45.6 Å². The third kappa shape index (κ3) is 2.76. The molecule has 0 aliphatic heterocycles. The molecular formula is C13H24N2O. The maximum absolute atomic E-state index is 11.3. The summed E-state index contributed by atoms with van der Waals surface area (Å²) in [6, 6.07) is 0.731. The van der Waals surface area contributed by atoms with E-state index in [2.05, 4.69) is 10.6 Å². The second kappa shape index (κ2) is 5.17. The van der Waals surface area contributed by atoms with Gasteiger partial charge in [-0.2, -0.15) is 0 Å². The highest BCUT2D eigenvalue weighted by molar-refractivity contribution is 5.77. The van der Waals surface area contributed by atoms with Gasteiger partial charge >= 0.3 is 0 Å². The molecule has 92 valence electrons. The van der Waals surface area contributed by atoms with E-state index in [4.69, 9.17) is 0 Å². The molecule has 16 heavy (non-hydrogen) atoms. The number of nitrogens with one attached hydrogen (secondary N) is 2. The molecule has 0 aromatic heterocycles. The maximum atomic E-state index is 11.3. The molecule has 0 heterocycles. The van der Waals surface area contributed by atoms with Crippen LogP contribution in [-0.4, -0.2) is 25.0 Å². The topological polar surface area (TPSA) is 41.1 Å². The van der Waals surface area contributed by atoms with E-state index in [0.717, 1.165) is 31.0 Å². The van der Waals surface area contributed by atoms with E-state index in [1.54, 1.807) is 0 Å². The number of rotatable bonds is 5. The molecule has 2 N–H and O–H groups in total. The molecule has 0 saturated heterocycles. The molecule has 0 aromatic rings. The summed E-state index contributed by atoms with van der Waals surface area (Å²) in [6.07, 6.45) is 5.67. The number of amides is 1. The number of fused-ring (bicyclic) bond motifs is 2. The van der Waals surface area contributed by atoms with Crippen LogP contribution in [0.3, 0.4) is 0 Å². The molecule has 2 aliphatic rings. The molecule has 1 amide bonds. The van der Waals surface area contributed by atoms with Crippen LogP contribution < -0.4 is 10.6 Å². The summed E-state index contributed by atoms with van der Waals surface area (Å²) < 4.78 is 0. The van der Waals surface area contributed by atoms with Crippen LogP contribution in [0.1, 0.15) is 39.5 Å². The third-order valence-electron chi connectivity index (χ3n) is 4.09. The Morgan fingerprint density at radius 2 is 2.06 bits per heavy atom. The fourth-order valence-electron chi connectivity index (χ4n) is 3.14. The second-order valence-electron chi connectivity index (χ2n) is 5.68. The van der Waals surface area contributed by atoms with Crippen molar-refractivity contribution < 1.29 is 4.79 Å². The van der Waals surface area contributed by atoms with E-state index in [0.29, 0.717) is 0 Å². The van der Waals surface area contributed by atoms with E-state index in [1.165, 1.54) is 25.7 Å². The molecule has 0 spiro atoms. The number of carbonyl (C=O) groups is 1. The Hall–Kier alpha value is -0.570. The van der Waals surface area contributed by atoms with E-state index in [-0.39, 0.29) is 11.8 Å². The molecule has 2 saturated carbocycles. The zero-order valence-corrected chi connectivity index (χ0v) is 10.5. The predicted octanol–water partition coefficient (Wildman–Crippen LogP) is 1.54. The van der Waals surface area contributed by atoms with Crippen molar-refractivity contribution in [3.63, 3.8) is 0 Å². The first kappa shape index (κ1) is 11.9. The van der Waals surface area contributed by atoms with Crippen molar-refractivity contribution in [2.24, 2.45) is 17.8 Å². The summed E-state index contributed by atoms with van der Waals surface area (Å²) in [5, 5.41) is 6.54. The zero-order chi connectivity index (χ0) is 11.5. The normalized spacial score (nSPS) is 32.3. The highest BCUT2D eigenvalue weighted by Gasteiger charge is 2.38. The summed E-state index contributed by atoms with van der Waals surface area (Å²) in [4.78, 5) is 11.3. The average Bonchev–Trinajstić information content (AvgIpc) is 2.85. The number of hydrogen-bond acceptors (Lipinski definition) is 2. The van der Waals surface area contributed by atoms with Gasteiger partial charge in [-0.15, -0.1) is 0 Å². The predicted molar refractivity (Wildman–Crippen MR) is 65.1 cm³/mol. The minimum absolute atomic E-state index is 0.0995. The van der Waals surface area contributed by atoms with Crippen molar-refractivity contribution in [3.8, 4) is 0 Å². The van der Waals surface area contributed by atoms with Gasteiger partial charge in [-0.3, -0.25) is 4.79 Å². The first-order chi connectivity index (χ1) is 7.66. The highest BCUT2D eigenvalue weighted by atomic mass is 16.1. The summed E-state index contributed by atoms with van der Waals surface area (Å²) >= 11 is 0. The van der Waals surface area contributed by atoms with Gasteiger partial charge in [0.15, 0.2) is 0 Å².